The highest BCUT2D eigenvalue weighted by molar-refractivity contribution is 5.12. The number of fused-ring (bicyclic) bond motifs is 1. The van der Waals surface area contributed by atoms with Crippen LogP contribution in [0.2, 0.25) is 0 Å². The van der Waals surface area contributed by atoms with E-state index in [9.17, 15) is 0 Å². The summed E-state index contributed by atoms with van der Waals surface area (Å²) in [5.74, 6) is 0. The second kappa shape index (κ2) is 4.24. The Morgan fingerprint density at radius 2 is 2.17 bits per heavy atom. The van der Waals surface area contributed by atoms with Crippen LogP contribution in [0, 0.1) is 0 Å². The molecule has 0 saturated carbocycles. The van der Waals surface area contributed by atoms with Gasteiger partial charge in [0.25, 0.3) is 0 Å². The number of hydrogen-bond donors (Lipinski definition) is 0. The summed E-state index contributed by atoms with van der Waals surface area (Å²) >= 11 is 0. The standard InChI is InChI=1S/C7H11N3.C2H6/c1-2-6-7-4-3-5-10(7)9-8-6;1-2/h2-5H2,1H3;1-2H3. The first kappa shape index (κ1) is 9.23. The maximum Gasteiger partial charge on any atom is 0.0856 e. The third kappa shape index (κ3) is 1.49. The van der Waals surface area contributed by atoms with E-state index in [1.165, 1.54) is 24.2 Å². The van der Waals surface area contributed by atoms with Gasteiger partial charge in [-0.1, -0.05) is 26.0 Å². The van der Waals surface area contributed by atoms with Crippen molar-refractivity contribution in [1.82, 2.24) is 15.0 Å². The molecular formula is C9H17N3. The molecule has 0 aliphatic carbocycles. The Hall–Kier alpha value is -0.860. The van der Waals surface area contributed by atoms with E-state index < -0.39 is 0 Å². The van der Waals surface area contributed by atoms with Crippen LogP contribution < -0.4 is 0 Å². The number of rotatable bonds is 1. The fourth-order valence-corrected chi connectivity index (χ4v) is 1.49. The van der Waals surface area contributed by atoms with Gasteiger partial charge in [0, 0.05) is 6.54 Å². The third-order valence-corrected chi connectivity index (χ3v) is 2.04. The molecule has 1 aromatic rings. The van der Waals surface area contributed by atoms with Gasteiger partial charge in [-0.25, -0.2) is 4.68 Å². The molecule has 0 aromatic carbocycles. The summed E-state index contributed by atoms with van der Waals surface area (Å²) in [6.07, 6.45) is 3.45. The minimum atomic E-state index is 1.02. The molecule has 12 heavy (non-hydrogen) atoms. The molecule has 0 spiro atoms. The van der Waals surface area contributed by atoms with E-state index in [1.54, 1.807) is 0 Å². The van der Waals surface area contributed by atoms with Gasteiger partial charge < -0.3 is 0 Å². The Labute approximate surface area is 73.8 Å². The Morgan fingerprint density at radius 3 is 2.83 bits per heavy atom. The molecule has 0 atom stereocenters. The molecule has 3 nitrogen and oxygen atoms in total. The fourth-order valence-electron chi connectivity index (χ4n) is 1.49. The van der Waals surface area contributed by atoms with E-state index in [2.05, 4.69) is 17.2 Å². The summed E-state index contributed by atoms with van der Waals surface area (Å²) in [7, 11) is 0. The minimum Gasteiger partial charge on any atom is -0.249 e. The van der Waals surface area contributed by atoms with E-state index in [0.717, 1.165) is 13.0 Å². The minimum absolute atomic E-state index is 1.02. The quantitative estimate of drug-likeness (QED) is 0.638. The van der Waals surface area contributed by atoms with Crippen LogP contribution in [-0.2, 0) is 19.4 Å². The first-order chi connectivity index (χ1) is 5.92. The first-order valence-corrected chi connectivity index (χ1v) is 4.83. The smallest absolute Gasteiger partial charge is 0.0856 e. The van der Waals surface area contributed by atoms with E-state index in [-0.39, 0.29) is 0 Å². The van der Waals surface area contributed by atoms with Crippen molar-refractivity contribution in [3.8, 4) is 0 Å². The van der Waals surface area contributed by atoms with Crippen molar-refractivity contribution in [3.63, 3.8) is 0 Å². The zero-order valence-electron chi connectivity index (χ0n) is 8.17. The highest BCUT2D eigenvalue weighted by Crippen LogP contribution is 2.15. The summed E-state index contributed by atoms with van der Waals surface area (Å²) in [6, 6.07) is 0. The summed E-state index contributed by atoms with van der Waals surface area (Å²) in [5, 5.41) is 8.10. The molecule has 2 rings (SSSR count). The summed E-state index contributed by atoms with van der Waals surface area (Å²) in [4.78, 5) is 0. The molecule has 0 N–H and O–H groups in total. The van der Waals surface area contributed by atoms with Gasteiger partial charge in [0.05, 0.1) is 11.4 Å². The molecule has 0 unspecified atom stereocenters. The molecular weight excluding hydrogens is 150 g/mol. The van der Waals surface area contributed by atoms with Crippen LogP contribution in [0.4, 0.5) is 0 Å². The van der Waals surface area contributed by atoms with Crippen molar-refractivity contribution in [3.05, 3.63) is 11.4 Å². The van der Waals surface area contributed by atoms with Crippen LogP contribution in [0.25, 0.3) is 0 Å². The van der Waals surface area contributed by atoms with Gasteiger partial charge in [-0.05, 0) is 19.3 Å². The largest absolute Gasteiger partial charge is 0.249 e. The Kier molecular flexibility index (Phi) is 3.26. The lowest BCUT2D eigenvalue weighted by Crippen LogP contribution is -1.93. The van der Waals surface area contributed by atoms with Crippen molar-refractivity contribution >= 4 is 0 Å². The summed E-state index contributed by atoms with van der Waals surface area (Å²) in [5.41, 5.74) is 2.56. The second-order valence-corrected chi connectivity index (χ2v) is 2.66. The Morgan fingerprint density at radius 1 is 1.42 bits per heavy atom. The van der Waals surface area contributed by atoms with Crippen molar-refractivity contribution in [2.24, 2.45) is 0 Å². The maximum absolute atomic E-state index is 4.07. The molecule has 68 valence electrons. The van der Waals surface area contributed by atoms with Crippen LogP contribution in [-0.4, -0.2) is 15.0 Å². The monoisotopic (exact) mass is 167 g/mol. The van der Waals surface area contributed by atoms with Gasteiger partial charge >= 0.3 is 0 Å². The van der Waals surface area contributed by atoms with Crippen molar-refractivity contribution < 1.29 is 0 Å². The van der Waals surface area contributed by atoms with Crippen molar-refractivity contribution in [2.75, 3.05) is 0 Å². The number of aryl methyl sites for hydroxylation is 2. The summed E-state index contributed by atoms with van der Waals surface area (Å²) in [6.45, 7) is 7.20. The molecule has 1 aromatic heterocycles. The predicted octanol–water partition coefficient (Wildman–Crippen LogP) is 1.81. The molecule has 0 fully saturated rings. The van der Waals surface area contributed by atoms with Gasteiger partial charge in [0.15, 0.2) is 0 Å². The highest BCUT2D eigenvalue weighted by atomic mass is 15.4. The van der Waals surface area contributed by atoms with Gasteiger partial charge in [-0.3, -0.25) is 0 Å². The normalized spacial score (nSPS) is 13.6. The Bertz CT molecular complexity index is 240. The van der Waals surface area contributed by atoms with E-state index in [4.69, 9.17) is 0 Å². The topological polar surface area (TPSA) is 30.7 Å². The zero-order valence-corrected chi connectivity index (χ0v) is 8.17. The third-order valence-electron chi connectivity index (χ3n) is 2.04. The first-order valence-electron chi connectivity index (χ1n) is 4.83. The average Bonchev–Trinajstić information content (AvgIpc) is 2.67. The number of nitrogens with zero attached hydrogens (tertiary/aromatic N) is 3. The van der Waals surface area contributed by atoms with Crippen molar-refractivity contribution in [2.45, 2.75) is 46.6 Å². The van der Waals surface area contributed by atoms with E-state index in [1.807, 2.05) is 18.5 Å². The van der Waals surface area contributed by atoms with E-state index in [0.29, 0.717) is 0 Å². The Balaban J connectivity index is 0.000000336. The van der Waals surface area contributed by atoms with Gasteiger partial charge in [0.2, 0.25) is 0 Å². The summed E-state index contributed by atoms with van der Waals surface area (Å²) < 4.78 is 2.03. The molecule has 1 aliphatic heterocycles. The van der Waals surface area contributed by atoms with Gasteiger partial charge in [0.1, 0.15) is 0 Å². The molecule has 0 amide bonds. The lowest BCUT2D eigenvalue weighted by atomic mass is 10.2. The number of aromatic nitrogens is 3. The fraction of sp³-hybridized carbons (Fsp3) is 0.778. The maximum atomic E-state index is 4.07. The van der Waals surface area contributed by atoms with Gasteiger partial charge in [-0.2, -0.15) is 0 Å². The van der Waals surface area contributed by atoms with Crippen LogP contribution in [0.3, 0.4) is 0 Å². The molecule has 3 heteroatoms. The molecule has 0 saturated heterocycles. The van der Waals surface area contributed by atoms with E-state index >= 15 is 0 Å². The number of hydrogen-bond acceptors (Lipinski definition) is 2. The van der Waals surface area contributed by atoms with Crippen LogP contribution in [0.15, 0.2) is 0 Å². The zero-order chi connectivity index (χ0) is 8.97. The predicted molar refractivity (Wildman–Crippen MR) is 49.1 cm³/mol. The SMILES string of the molecule is CC.CCc1nnn2c1CCC2. The molecule has 1 aliphatic rings. The average molecular weight is 167 g/mol. The van der Waals surface area contributed by atoms with Crippen LogP contribution >= 0.6 is 0 Å². The lowest BCUT2D eigenvalue weighted by Gasteiger charge is -1.90. The molecule has 2 heterocycles. The highest BCUT2D eigenvalue weighted by Gasteiger charge is 2.15. The lowest BCUT2D eigenvalue weighted by molar-refractivity contribution is 0.622. The van der Waals surface area contributed by atoms with Gasteiger partial charge in [-0.15, -0.1) is 5.10 Å². The second-order valence-electron chi connectivity index (χ2n) is 2.66. The molecule has 0 bridgehead atoms. The van der Waals surface area contributed by atoms with Crippen molar-refractivity contribution in [1.29, 1.82) is 0 Å². The molecule has 0 radical (unpaired) electrons. The van der Waals surface area contributed by atoms with Crippen LogP contribution in [0.1, 0.15) is 38.6 Å². The van der Waals surface area contributed by atoms with Crippen LogP contribution in [0.5, 0.6) is 0 Å².